The van der Waals surface area contributed by atoms with Crippen molar-refractivity contribution < 1.29 is 4.39 Å². The van der Waals surface area contributed by atoms with E-state index in [1.165, 1.54) is 12.1 Å². The van der Waals surface area contributed by atoms with Crippen LogP contribution in [-0.4, -0.2) is 12.4 Å². The summed E-state index contributed by atoms with van der Waals surface area (Å²) in [6, 6.07) is 14.2. The Bertz CT molecular complexity index is 616. The van der Waals surface area contributed by atoms with E-state index in [2.05, 4.69) is 0 Å². The molecule has 2 aromatic rings. The van der Waals surface area contributed by atoms with Crippen LogP contribution >= 0.6 is 11.6 Å². The summed E-state index contributed by atoms with van der Waals surface area (Å²) in [5, 5.41) is 7.87. The predicted octanol–water partition coefficient (Wildman–Crippen LogP) is 3.81. The Labute approximate surface area is 128 Å². The molecule has 2 rings (SSSR count). The van der Waals surface area contributed by atoms with Gasteiger partial charge in [0.1, 0.15) is 5.82 Å². The number of para-hydroxylation sites is 1. The lowest BCUT2D eigenvalue weighted by Crippen LogP contribution is -2.27. The van der Waals surface area contributed by atoms with Crippen LogP contribution in [0.25, 0.3) is 0 Å². The number of halogens is 2. The first-order valence-corrected chi connectivity index (χ1v) is 7.01. The second kappa shape index (κ2) is 7.09. The summed E-state index contributed by atoms with van der Waals surface area (Å²) in [5.74, 6) is -0.175. The predicted molar refractivity (Wildman–Crippen MR) is 85.4 cm³/mol. The molecule has 0 aliphatic rings. The van der Waals surface area contributed by atoms with Crippen LogP contribution < -0.4 is 10.6 Å². The second-order valence-electron chi connectivity index (χ2n) is 4.77. The quantitative estimate of drug-likeness (QED) is 0.630. The lowest BCUT2D eigenvalue weighted by atomic mass is 10.1. The van der Waals surface area contributed by atoms with Crippen molar-refractivity contribution in [1.29, 1.82) is 5.41 Å². The molecule has 3 N–H and O–H groups in total. The molecule has 0 aliphatic heterocycles. The fraction of sp³-hybridized carbons (Fsp3) is 0.188. The van der Waals surface area contributed by atoms with Gasteiger partial charge in [-0.15, -0.1) is 0 Å². The number of hydrogen-bond acceptors (Lipinski definition) is 2. The molecule has 0 aliphatic carbocycles. The van der Waals surface area contributed by atoms with Crippen molar-refractivity contribution in [2.75, 3.05) is 11.4 Å². The maximum atomic E-state index is 13.9. The minimum atomic E-state index is -0.289. The van der Waals surface area contributed by atoms with E-state index in [1.54, 1.807) is 6.07 Å². The van der Waals surface area contributed by atoms with E-state index in [0.29, 0.717) is 30.1 Å². The van der Waals surface area contributed by atoms with Gasteiger partial charge in [0.15, 0.2) is 0 Å². The molecule has 110 valence electrons. The minimum absolute atomic E-state index is 0.113. The van der Waals surface area contributed by atoms with Gasteiger partial charge in [-0.2, -0.15) is 0 Å². The highest BCUT2D eigenvalue weighted by atomic mass is 35.5. The van der Waals surface area contributed by atoms with Crippen molar-refractivity contribution in [3.05, 3.63) is 64.9 Å². The van der Waals surface area contributed by atoms with E-state index < -0.39 is 0 Å². The monoisotopic (exact) mass is 305 g/mol. The fourth-order valence-electron chi connectivity index (χ4n) is 2.06. The van der Waals surface area contributed by atoms with E-state index in [-0.39, 0.29) is 11.7 Å². The Kier molecular flexibility index (Phi) is 5.17. The number of amidine groups is 1. The zero-order chi connectivity index (χ0) is 15.2. The van der Waals surface area contributed by atoms with E-state index in [0.717, 1.165) is 5.69 Å². The lowest BCUT2D eigenvalue weighted by molar-refractivity contribution is 0.604. The molecule has 0 amide bonds. The Morgan fingerprint density at radius 3 is 2.57 bits per heavy atom. The number of rotatable bonds is 6. The first-order chi connectivity index (χ1) is 10.1. The molecule has 5 heteroatoms. The Morgan fingerprint density at radius 2 is 1.90 bits per heavy atom. The molecule has 0 saturated carbocycles. The Balaban J connectivity index is 2.23. The molecule has 2 aromatic carbocycles. The number of nitrogens with two attached hydrogens (primary N) is 1. The first kappa shape index (κ1) is 15.3. The second-order valence-corrected chi connectivity index (χ2v) is 5.20. The molecule has 21 heavy (non-hydrogen) atoms. The van der Waals surface area contributed by atoms with Crippen LogP contribution in [0.4, 0.5) is 10.1 Å². The van der Waals surface area contributed by atoms with Crippen LogP contribution in [0.15, 0.2) is 48.5 Å². The molecule has 3 nitrogen and oxygen atoms in total. The molecule has 0 bridgehead atoms. The Hall–Kier alpha value is -2.07. The van der Waals surface area contributed by atoms with Gasteiger partial charge >= 0.3 is 0 Å². The van der Waals surface area contributed by atoms with Gasteiger partial charge in [0.2, 0.25) is 0 Å². The highest BCUT2D eigenvalue weighted by Crippen LogP contribution is 2.21. The maximum Gasteiger partial charge on any atom is 0.128 e. The van der Waals surface area contributed by atoms with Gasteiger partial charge in [-0.3, -0.25) is 5.41 Å². The molecule has 0 fully saturated rings. The molecule has 0 unspecified atom stereocenters. The number of benzene rings is 2. The molecule has 0 spiro atoms. The topological polar surface area (TPSA) is 53.1 Å². The summed E-state index contributed by atoms with van der Waals surface area (Å²) < 4.78 is 13.9. The average Bonchev–Trinajstić information content (AvgIpc) is 2.47. The van der Waals surface area contributed by atoms with Crippen molar-refractivity contribution in [3.63, 3.8) is 0 Å². The summed E-state index contributed by atoms with van der Waals surface area (Å²) in [4.78, 5) is 1.98. The standard InChI is InChI=1S/C16H17ClFN3/c17-13-6-7-15(18)12(10-13)11-21(9-8-16(19)20)14-4-2-1-3-5-14/h1-7,10H,8-9,11H2,(H3,19,20). The van der Waals surface area contributed by atoms with Crippen LogP contribution in [0.1, 0.15) is 12.0 Å². The highest BCUT2D eigenvalue weighted by molar-refractivity contribution is 6.30. The Morgan fingerprint density at radius 1 is 1.19 bits per heavy atom. The van der Waals surface area contributed by atoms with Crippen molar-refractivity contribution >= 4 is 23.1 Å². The molecule has 0 heterocycles. The number of anilines is 1. The van der Waals surface area contributed by atoms with Gasteiger partial charge in [-0.25, -0.2) is 4.39 Å². The summed E-state index contributed by atoms with van der Waals surface area (Å²) >= 11 is 5.93. The maximum absolute atomic E-state index is 13.9. The lowest BCUT2D eigenvalue weighted by Gasteiger charge is -2.25. The highest BCUT2D eigenvalue weighted by Gasteiger charge is 2.11. The largest absolute Gasteiger partial charge is 0.388 e. The summed E-state index contributed by atoms with van der Waals surface area (Å²) in [7, 11) is 0. The van der Waals surface area contributed by atoms with Crippen LogP contribution in [-0.2, 0) is 6.54 Å². The minimum Gasteiger partial charge on any atom is -0.388 e. The van der Waals surface area contributed by atoms with E-state index in [9.17, 15) is 4.39 Å². The van der Waals surface area contributed by atoms with Crippen LogP contribution in [0.2, 0.25) is 5.02 Å². The zero-order valence-electron chi connectivity index (χ0n) is 11.5. The number of nitrogens with one attached hydrogen (secondary N) is 1. The van der Waals surface area contributed by atoms with Crippen molar-refractivity contribution in [2.24, 2.45) is 5.73 Å². The van der Waals surface area contributed by atoms with Gasteiger partial charge in [-0.05, 0) is 30.3 Å². The smallest absolute Gasteiger partial charge is 0.128 e. The number of nitrogens with zero attached hydrogens (tertiary/aromatic N) is 1. The van der Waals surface area contributed by atoms with E-state index in [4.69, 9.17) is 22.7 Å². The van der Waals surface area contributed by atoms with Gasteiger partial charge in [0.25, 0.3) is 0 Å². The normalized spacial score (nSPS) is 10.4. The van der Waals surface area contributed by atoms with Gasteiger partial charge in [0, 0.05) is 35.8 Å². The van der Waals surface area contributed by atoms with E-state index >= 15 is 0 Å². The number of hydrogen-bond donors (Lipinski definition) is 2. The summed E-state index contributed by atoms with van der Waals surface area (Å²) in [5.41, 5.74) is 6.91. The molecular formula is C16H17ClFN3. The van der Waals surface area contributed by atoms with Crippen molar-refractivity contribution in [2.45, 2.75) is 13.0 Å². The third kappa shape index (κ3) is 4.46. The summed E-state index contributed by atoms with van der Waals surface area (Å²) in [6.07, 6.45) is 0.428. The summed E-state index contributed by atoms with van der Waals surface area (Å²) in [6.45, 7) is 0.926. The third-order valence-electron chi connectivity index (χ3n) is 3.14. The van der Waals surface area contributed by atoms with Gasteiger partial charge < -0.3 is 10.6 Å². The molecule has 0 radical (unpaired) electrons. The zero-order valence-corrected chi connectivity index (χ0v) is 12.3. The van der Waals surface area contributed by atoms with Gasteiger partial charge in [0.05, 0.1) is 5.84 Å². The van der Waals surface area contributed by atoms with Crippen LogP contribution in [0.5, 0.6) is 0 Å². The van der Waals surface area contributed by atoms with Crippen LogP contribution in [0.3, 0.4) is 0 Å². The molecule has 0 aromatic heterocycles. The van der Waals surface area contributed by atoms with Gasteiger partial charge in [-0.1, -0.05) is 29.8 Å². The van der Waals surface area contributed by atoms with Crippen molar-refractivity contribution in [1.82, 2.24) is 0 Å². The third-order valence-corrected chi connectivity index (χ3v) is 3.38. The fourth-order valence-corrected chi connectivity index (χ4v) is 2.26. The van der Waals surface area contributed by atoms with Crippen LogP contribution in [0, 0.1) is 11.2 Å². The molecule has 0 atom stereocenters. The van der Waals surface area contributed by atoms with Crippen molar-refractivity contribution in [3.8, 4) is 0 Å². The average molecular weight is 306 g/mol. The van der Waals surface area contributed by atoms with E-state index in [1.807, 2.05) is 35.2 Å². The molecular weight excluding hydrogens is 289 g/mol. The SMILES string of the molecule is N=C(N)CCN(Cc1cc(Cl)ccc1F)c1ccccc1. The first-order valence-electron chi connectivity index (χ1n) is 6.63. The molecule has 0 saturated heterocycles.